The van der Waals surface area contributed by atoms with Gasteiger partial charge in [-0.2, -0.15) is 0 Å². The van der Waals surface area contributed by atoms with Crippen LogP contribution < -0.4 is 27.4 Å². The molecule has 5 atom stereocenters. The second-order valence-electron chi connectivity index (χ2n) is 8.34. The summed E-state index contributed by atoms with van der Waals surface area (Å²) in [6.07, 6.45) is -0.738. The molecule has 188 valence electrons. The van der Waals surface area contributed by atoms with Gasteiger partial charge in [-0.05, 0) is 18.3 Å². The summed E-state index contributed by atoms with van der Waals surface area (Å²) in [4.78, 5) is 71.4. The summed E-state index contributed by atoms with van der Waals surface area (Å²) >= 11 is 0. The predicted molar refractivity (Wildman–Crippen MR) is 116 cm³/mol. The number of carboxylic acids is 2. The second-order valence-corrected chi connectivity index (χ2v) is 8.34. The van der Waals surface area contributed by atoms with Crippen molar-refractivity contribution in [2.24, 2.45) is 23.3 Å². The maximum atomic E-state index is 12.9. The van der Waals surface area contributed by atoms with E-state index in [-0.39, 0.29) is 12.3 Å². The molecule has 0 aliphatic rings. The van der Waals surface area contributed by atoms with E-state index in [0.717, 1.165) is 0 Å². The van der Waals surface area contributed by atoms with Gasteiger partial charge in [-0.15, -0.1) is 0 Å². The first-order valence-corrected chi connectivity index (χ1v) is 10.6. The van der Waals surface area contributed by atoms with Gasteiger partial charge in [0.05, 0.1) is 18.9 Å². The van der Waals surface area contributed by atoms with E-state index in [1.807, 2.05) is 0 Å². The maximum Gasteiger partial charge on any atom is 0.326 e. The van der Waals surface area contributed by atoms with Gasteiger partial charge < -0.3 is 37.6 Å². The number of amides is 4. The first-order chi connectivity index (χ1) is 15.2. The number of hydrogen-bond donors (Lipinski definition) is 7. The number of nitrogens with two attached hydrogens (primary N) is 2. The van der Waals surface area contributed by atoms with Crippen molar-refractivity contribution in [2.75, 3.05) is 0 Å². The average Bonchev–Trinajstić information content (AvgIpc) is 2.68. The van der Waals surface area contributed by atoms with E-state index in [1.165, 1.54) is 0 Å². The topological polar surface area (TPSA) is 231 Å². The van der Waals surface area contributed by atoms with Crippen molar-refractivity contribution in [3.8, 4) is 0 Å². The lowest BCUT2D eigenvalue weighted by atomic mass is 9.97. The lowest BCUT2D eigenvalue weighted by Gasteiger charge is -2.27. The first-order valence-electron chi connectivity index (χ1n) is 10.6. The molecule has 0 spiro atoms. The van der Waals surface area contributed by atoms with Crippen LogP contribution in [0.3, 0.4) is 0 Å². The van der Waals surface area contributed by atoms with Crippen molar-refractivity contribution in [1.82, 2.24) is 16.0 Å². The Morgan fingerprint density at radius 2 is 1.36 bits per heavy atom. The monoisotopic (exact) mass is 473 g/mol. The minimum atomic E-state index is -1.59. The van der Waals surface area contributed by atoms with E-state index in [9.17, 15) is 33.9 Å². The zero-order valence-corrected chi connectivity index (χ0v) is 19.3. The molecule has 4 amide bonds. The molecule has 0 saturated carbocycles. The summed E-state index contributed by atoms with van der Waals surface area (Å²) < 4.78 is 0. The molecule has 0 saturated heterocycles. The Kier molecular flexibility index (Phi) is 12.7. The predicted octanol–water partition coefficient (Wildman–Crippen LogP) is -1.70. The van der Waals surface area contributed by atoms with Gasteiger partial charge in [0.1, 0.15) is 18.1 Å². The van der Waals surface area contributed by atoms with Crippen LogP contribution >= 0.6 is 0 Å². The molecule has 0 rings (SSSR count). The third-order valence-electron chi connectivity index (χ3n) is 4.88. The highest BCUT2D eigenvalue weighted by Crippen LogP contribution is 2.10. The van der Waals surface area contributed by atoms with Crippen molar-refractivity contribution in [3.63, 3.8) is 0 Å². The van der Waals surface area contributed by atoms with Crippen LogP contribution in [0.2, 0.25) is 0 Å². The SMILES string of the molecule is CCC(C)C(NC(=O)C(N)CC(N)=O)C(=O)NC(CC(=O)O)C(=O)NC(CC(C)C)C(=O)O. The average molecular weight is 474 g/mol. The molecule has 0 aliphatic carbocycles. The van der Waals surface area contributed by atoms with Crippen LogP contribution in [-0.2, 0) is 28.8 Å². The van der Waals surface area contributed by atoms with Gasteiger partial charge in [-0.25, -0.2) is 4.79 Å². The molecule has 9 N–H and O–H groups in total. The third kappa shape index (κ3) is 11.3. The zero-order chi connectivity index (χ0) is 25.9. The fourth-order valence-electron chi connectivity index (χ4n) is 2.88. The number of carbonyl (C=O) groups excluding carboxylic acids is 4. The number of carboxylic acid groups (broad SMARTS) is 2. The lowest BCUT2D eigenvalue weighted by Crippen LogP contribution is -2.59. The molecule has 0 bridgehead atoms. The Balaban J connectivity index is 5.59. The molecule has 0 aliphatic heterocycles. The number of nitrogens with one attached hydrogen (secondary N) is 3. The Morgan fingerprint density at radius 1 is 0.818 bits per heavy atom. The highest BCUT2D eigenvalue weighted by molar-refractivity contribution is 5.96. The van der Waals surface area contributed by atoms with Crippen LogP contribution in [0.25, 0.3) is 0 Å². The normalized spacial score (nSPS) is 15.5. The van der Waals surface area contributed by atoms with E-state index in [0.29, 0.717) is 6.42 Å². The molecule has 0 aromatic heterocycles. The van der Waals surface area contributed by atoms with Crippen molar-refractivity contribution >= 4 is 35.6 Å². The van der Waals surface area contributed by atoms with Crippen molar-refractivity contribution in [2.45, 2.75) is 77.5 Å². The molecular weight excluding hydrogens is 438 g/mol. The summed E-state index contributed by atoms with van der Waals surface area (Å²) in [5.41, 5.74) is 10.6. The Hall–Kier alpha value is -3.22. The Morgan fingerprint density at radius 3 is 1.79 bits per heavy atom. The molecule has 0 heterocycles. The summed E-state index contributed by atoms with van der Waals surface area (Å²) in [6, 6.07) is -5.36. The highest BCUT2D eigenvalue weighted by Gasteiger charge is 2.33. The summed E-state index contributed by atoms with van der Waals surface area (Å²) in [5.74, 6) is -6.71. The molecule has 5 unspecified atom stereocenters. The first kappa shape index (κ1) is 29.8. The smallest absolute Gasteiger partial charge is 0.326 e. The van der Waals surface area contributed by atoms with Gasteiger partial charge in [0, 0.05) is 0 Å². The van der Waals surface area contributed by atoms with Crippen LogP contribution in [0.5, 0.6) is 0 Å². The van der Waals surface area contributed by atoms with Crippen molar-refractivity contribution < 1.29 is 39.0 Å². The molecule has 13 heteroatoms. The fourth-order valence-corrected chi connectivity index (χ4v) is 2.88. The van der Waals surface area contributed by atoms with Gasteiger partial charge in [-0.1, -0.05) is 34.1 Å². The molecule has 0 aromatic rings. The molecular formula is C20H35N5O8. The van der Waals surface area contributed by atoms with Crippen LogP contribution in [0.15, 0.2) is 0 Å². The van der Waals surface area contributed by atoms with E-state index in [2.05, 4.69) is 16.0 Å². The van der Waals surface area contributed by atoms with E-state index >= 15 is 0 Å². The molecule has 33 heavy (non-hydrogen) atoms. The number of aliphatic carboxylic acids is 2. The summed E-state index contributed by atoms with van der Waals surface area (Å²) in [6.45, 7) is 6.88. The molecule has 0 aromatic carbocycles. The second kappa shape index (κ2) is 14.0. The van der Waals surface area contributed by atoms with E-state index in [4.69, 9.17) is 16.6 Å². The fraction of sp³-hybridized carbons (Fsp3) is 0.700. The molecule has 0 fully saturated rings. The largest absolute Gasteiger partial charge is 0.481 e. The van der Waals surface area contributed by atoms with Gasteiger partial charge in [0.15, 0.2) is 0 Å². The lowest BCUT2D eigenvalue weighted by molar-refractivity contribution is -0.144. The van der Waals surface area contributed by atoms with E-state index in [1.54, 1.807) is 27.7 Å². The van der Waals surface area contributed by atoms with Crippen LogP contribution in [0, 0.1) is 11.8 Å². The van der Waals surface area contributed by atoms with Crippen molar-refractivity contribution in [1.29, 1.82) is 0 Å². The standard InChI is InChI=1S/C20H35N5O8/c1-5-10(4)16(25-17(29)11(21)7-14(22)26)19(31)23-12(8-15(27)28)18(30)24-13(20(32)33)6-9(2)3/h9-13,16H,5-8,21H2,1-4H3,(H2,22,26)(H,23,31)(H,24,30)(H,25,29)(H,27,28)(H,32,33). The quantitative estimate of drug-likeness (QED) is 0.143. The van der Waals surface area contributed by atoms with Gasteiger partial charge in [-0.3, -0.25) is 24.0 Å². The number of carbonyl (C=O) groups is 6. The minimum absolute atomic E-state index is 0.0754. The van der Waals surface area contributed by atoms with Crippen molar-refractivity contribution in [3.05, 3.63) is 0 Å². The summed E-state index contributed by atoms with van der Waals surface area (Å²) in [5, 5.41) is 25.4. The number of hydrogen-bond acceptors (Lipinski definition) is 7. The minimum Gasteiger partial charge on any atom is -0.481 e. The zero-order valence-electron chi connectivity index (χ0n) is 19.3. The molecule has 0 radical (unpaired) electrons. The Bertz CT molecular complexity index is 742. The van der Waals surface area contributed by atoms with Gasteiger partial charge in [0.25, 0.3) is 0 Å². The van der Waals surface area contributed by atoms with Crippen LogP contribution in [0.4, 0.5) is 0 Å². The molecule has 13 nitrogen and oxygen atoms in total. The number of rotatable bonds is 15. The highest BCUT2D eigenvalue weighted by atomic mass is 16.4. The van der Waals surface area contributed by atoms with E-state index < -0.39 is 78.5 Å². The Labute approximate surface area is 192 Å². The van der Waals surface area contributed by atoms with Gasteiger partial charge in [0.2, 0.25) is 23.6 Å². The maximum absolute atomic E-state index is 12.9. The van der Waals surface area contributed by atoms with Crippen LogP contribution in [0.1, 0.15) is 53.4 Å². The van der Waals surface area contributed by atoms with Gasteiger partial charge >= 0.3 is 11.9 Å². The number of primary amides is 1. The summed E-state index contributed by atoms with van der Waals surface area (Å²) in [7, 11) is 0. The third-order valence-corrected chi connectivity index (χ3v) is 4.88. The van der Waals surface area contributed by atoms with Crippen LogP contribution in [-0.4, -0.2) is 69.9 Å².